The van der Waals surface area contributed by atoms with Crippen LogP contribution in [0.15, 0.2) is 41.5 Å². The highest BCUT2D eigenvalue weighted by molar-refractivity contribution is 5.92. The van der Waals surface area contributed by atoms with Gasteiger partial charge in [0.25, 0.3) is 11.5 Å². The Hall–Kier alpha value is -2.96. The zero-order valence-corrected chi connectivity index (χ0v) is 13.3. The lowest BCUT2D eigenvalue weighted by atomic mass is 10.0. The van der Waals surface area contributed by atoms with Gasteiger partial charge in [-0.1, -0.05) is 0 Å². The van der Waals surface area contributed by atoms with Gasteiger partial charge in [0.1, 0.15) is 5.69 Å². The van der Waals surface area contributed by atoms with Gasteiger partial charge in [0.2, 0.25) is 0 Å². The number of rotatable bonds is 2. The van der Waals surface area contributed by atoms with Crippen molar-refractivity contribution in [3.8, 4) is 0 Å². The number of hydrogen-bond acceptors (Lipinski definition) is 4. The molecule has 0 spiro atoms. The number of fused-ring (bicyclic) bond motifs is 1. The Labute approximate surface area is 137 Å². The van der Waals surface area contributed by atoms with Gasteiger partial charge in [-0.05, 0) is 30.7 Å². The summed E-state index contributed by atoms with van der Waals surface area (Å²) in [6, 6.07) is 7.15. The fourth-order valence-electron chi connectivity index (χ4n) is 3.27. The van der Waals surface area contributed by atoms with Crippen LogP contribution < -0.4 is 5.56 Å². The first kappa shape index (κ1) is 14.6. The van der Waals surface area contributed by atoms with Crippen molar-refractivity contribution < 1.29 is 4.79 Å². The summed E-state index contributed by atoms with van der Waals surface area (Å²) in [4.78, 5) is 33.8. The van der Waals surface area contributed by atoms with Crippen LogP contribution in [0.4, 0.5) is 0 Å². The third-order valence-electron chi connectivity index (χ3n) is 4.59. The van der Waals surface area contributed by atoms with E-state index in [0.717, 1.165) is 12.1 Å². The Balaban J connectivity index is 1.60. The van der Waals surface area contributed by atoms with Crippen LogP contribution in [-0.4, -0.2) is 43.6 Å². The third-order valence-corrected chi connectivity index (χ3v) is 4.59. The van der Waals surface area contributed by atoms with Crippen LogP contribution in [0.2, 0.25) is 0 Å². The number of carbonyl (C=O) groups is 1. The SMILES string of the molecule is Cn1nccc1C(=O)N1CC[C@H](c2cc3ncccc3c(=O)[nH]2)C1. The summed E-state index contributed by atoms with van der Waals surface area (Å²) in [5.41, 5.74) is 1.97. The maximum absolute atomic E-state index is 12.6. The molecule has 0 saturated carbocycles. The Morgan fingerprint density at radius 1 is 1.33 bits per heavy atom. The highest BCUT2D eigenvalue weighted by atomic mass is 16.2. The molecule has 0 unspecified atom stereocenters. The topological polar surface area (TPSA) is 83.9 Å². The van der Waals surface area contributed by atoms with Crippen molar-refractivity contribution in [2.75, 3.05) is 13.1 Å². The van der Waals surface area contributed by atoms with Crippen molar-refractivity contribution in [3.63, 3.8) is 0 Å². The quantitative estimate of drug-likeness (QED) is 0.770. The maximum Gasteiger partial charge on any atom is 0.272 e. The smallest absolute Gasteiger partial charge is 0.272 e. The lowest BCUT2D eigenvalue weighted by Gasteiger charge is -2.16. The first-order valence-corrected chi connectivity index (χ1v) is 7.89. The standard InChI is InChI=1S/C17H17N5O2/c1-21-15(4-7-19-21)17(24)22-8-5-11(10-22)13-9-14-12(16(23)20-13)3-2-6-18-14/h2-4,6-7,9,11H,5,8,10H2,1H3,(H,20,23)/t11-/m0/s1. The minimum atomic E-state index is -0.132. The van der Waals surface area contributed by atoms with E-state index in [2.05, 4.69) is 15.1 Å². The van der Waals surface area contributed by atoms with E-state index >= 15 is 0 Å². The molecule has 0 aliphatic carbocycles. The van der Waals surface area contributed by atoms with Crippen LogP contribution >= 0.6 is 0 Å². The number of aromatic amines is 1. The molecule has 1 aliphatic rings. The second kappa shape index (κ2) is 5.59. The maximum atomic E-state index is 12.6. The number of pyridine rings is 2. The molecule has 1 atom stereocenters. The Kier molecular flexibility index (Phi) is 3.41. The summed E-state index contributed by atoms with van der Waals surface area (Å²) in [5, 5.41) is 4.63. The van der Waals surface area contributed by atoms with Crippen LogP contribution in [0.25, 0.3) is 10.9 Å². The van der Waals surface area contributed by atoms with Gasteiger partial charge in [0.05, 0.1) is 10.9 Å². The average Bonchev–Trinajstić information content (AvgIpc) is 3.23. The second-order valence-electron chi connectivity index (χ2n) is 6.07. The lowest BCUT2D eigenvalue weighted by molar-refractivity contribution is 0.0780. The zero-order valence-electron chi connectivity index (χ0n) is 13.3. The van der Waals surface area contributed by atoms with Gasteiger partial charge >= 0.3 is 0 Å². The van der Waals surface area contributed by atoms with Crippen molar-refractivity contribution in [2.45, 2.75) is 12.3 Å². The van der Waals surface area contributed by atoms with Crippen molar-refractivity contribution in [2.24, 2.45) is 7.05 Å². The van der Waals surface area contributed by atoms with Crippen molar-refractivity contribution in [3.05, 3.63) is 58.4 Å². The van der Waals surface area contributed by atoms with Crippen LogP contribution in [0.1, 0.15) is 28.5 Å². The first-order chi connectivity index (χ1) is 11.6. The fourth-order valence-corrected chi connectivity index (χ4v) is 3.27. The number of H-pyrrole nitrogens is 1. The minimum absolute atomic E-state index is 0.0289. The molecule has 1 amide bonds. The number of aromatic nitrogens is 4. The fraction of sp³-hybridized carbons (Fsp3) is 0.294. The van der Waals surface area contributed by atoms with Crippen molar-refractivity contribution >= 4 is 16.8 Å². The number of hydrogen-bond donors (Lipinski definition) is 1. The zero-order chi connectivity index (χ0) is 16.7. The van der Waals surface area contributed by atoms with E-state index in [-0.39, 0.29) is 17.4 Å². The largest absolute Gasteiger partial charge is 0.337 e. The summed E-state index contributed by atoms with van der Waals surface area (Å²) in [5.74, 6) is 0.0834. The molecule has 122 valence electrons. The molecule has 7 heteroatoms. The number of likely N-dealkylation sites (tertiary alicyclic amines) is 1. The summed E-state index contributed by atoms with van der Waals surface area (Å²) >= 11 is 0. The van der Waals surface area contributed by atoms with E-state index in [1.165, 1.54) is 0 Å². The van der Waals surface area contributed by atoms with Gasteiger partial charge in [-0.15, -0.1) is 0 Å². The van der Waals surface area contributed by atoms with E-state index in [0.29, 0.717) is 29.7 Å². The second-order valence-corrected chi connectivity index (χ2v) is 6.07. The van der Waals surface area contributed by atoms with Gasteiger partial charge in [-0.25, -0.2) is 0 Å². The summed E-state index contributed by atoms with van der Waals surface area (Å²) in [6.07, 6.45) is 4.11. The molecule has 4 heterocycles. The summed E-state index contributed by atoms with van der Waals surface area (Å²) in [6.45, 7) is 1.25. The highest BCUT2D eigenvalue weighted by Crippen LogP contribution is 2.27. The highest BCUT2D eigenvalue weighted by Gasteiger charge is 2.30. The molecule has 7 nitrogen and oxygen atoms in total. The molecule has 1 saturated heterocycles. The molecule has 4 rings (SSSR count). The molecule has 0 radical (unpaired) electrons. The average molecular weight is 323 g/mol. The first-order valence-electron chi connectivity index (χ1n) is 7.89. The van der Waals surface area contributed by atoms with Gasteiger partial charge in [0, 0.05) is 44.1 Å². The van der Waals surface area contributed by atoms with Crippen LogP contribution in [0, 0.1) is 0 Å². The summed E-state index contributed by atoms with van der Waals surface area (Å²) in [7, 11) is 1.76. The molecule has 3 aromatic rings. The molecular weight excluding hydrogens is 306 g/mol. The van der Waals surface area contributed by atoms with Gasteiger partial charge in [-0.3, -0.25) is 19.3 Å². The summed E-state index contributed by atoms with van der Waals surface area (Å²) < 4.78 is 1.58. The van der Waals surface area contributed by atoms with E-state index < -0.39 is 0 Å². The van der Waals surface area contributed by atoms with Crippen LogP contribution in [-0.2, 0) is 7.05 Å². The normalized spacial score (nSPS) is 17.5. The lowest BCUT2D eigenvalue weighted by Crippen LogP contribution is -2.30. The molecule has 1 fully saturated rings. The van der Waals surface area contributed by atoms with Gasteiger partial charge in [0.15, 0.2) is 0 Å². The number of aryl methyl sites for hydroxylation is 1. The number of amides is 1. The van der Waals surface area contributed by atoms with Crippen molar-refractivity contribution in [1.29, 1.82) is 0 Å². The molecule has 1 N–H and O–H groups in total. The van der Waals surface area contributed by atoms with E-state index in [9.17, 15) is 9.59 Å². The molecule has 1 aliphatic heterocycles. The third kappa shape index (κ3) is 2.38. The van der Waals surface area contributed by atoms with E-state index in [1.807, 2.05) is 11.0 Å². The molecular formula is C17H17N5O2. The van der Waals surface area contributed by atoms with Crippen molar-refractivity contribution in [1.82, 2.24) is 24.6 Å². The van der Waals surface area contributed by atoms with Crippen LogP contribution in [0.5, 0.6) is 0 Å². The van der Waals surface area contributed by atoms with E-state index in [4.69, 9.17) is 0 Å². The molecule has 0 bridgehead atoms. The van der Waals surface area contributed by atoms with Crippen LogP contribution in [0.3, 0.4) is 0 Å². The number of nitrogens with zero attached hydrogens (tertiary/aromatic N) is 4. The number of carbonyl (C=O) groups excluding carboxylic acids is 1. The predicted molar refractivity (Wildman–Crippen MR) is 88.8 cm³/mol. The molecule has 0 aromatic carbocycles. The Bertz CT molecular complexity index is 974. The van der Waals surface area contributed by atoms with Gasteiger partial charge in [-0.2, -0.15) is 5.10 Å². The monoisotopic (exact) mass is 323 g/mol. The molecule has 3 aromatic heterocycles. The Morgan fingerprint density at radius 2 is 2.21 bits per heavy atom. The van der Waals surface area contributed by atoms with E-state index in [1.54, 1.807) is 42.3 Å². The number of nitrogens with one attached hydrogen (secondary N) is 1. The Morgan fingerprint density at radius 3 is 3.00 bits per heavy atom. The minimum Gasteiger partial charge on any atom is -0.337 e. The molecule has 24 heavy (non-hydrogen) atoms. The predicted octanol–water partition coefficient (Wildman–Crippen LogP) is 1.29. The van der Waals surface area contributed by atoms with Gasteiger partial charge < -0.3 is 9.88 Å².